The van der Waals surface area contributed by atoms with Gasteiger partial charge < -0.3 is 4.90 Å². The number of anilines is 8. The third-order valence-corrected chi connectivity index (χ3v) is 13.9. The number of hydrogen-bond acceptors (Lipinski definition) is 4. The topological polar surface area (TPSA) is 22.6 Å². The van der Waals surface area contributed by atoms with E-state index in [1.165, 1.54) is 75.8 Å². The molecule has 5 aromatic carbocycles. The van der Waals surface area contributed by atoms with Crippen molar-refractivity contribution in [3.8, 4) is 0 Å². The zero-order valence-electron chi connectivity index (χ0n) is 34.3. The highest BCUT2D eigenvalue weighted by Gasteiger charge is 2.61. The molecule has 5 heteroatoms. The molecule has 4 heterocycles. The molecular formula is C51H53BN4. The van der Waals surface area contributed by atoms with E-state index >= 15 is 0 Å². The second-order valence-electron chi connectivity index (χ2n) is 19.2. The summed E-state index contributed by atoms with van der Waals surface area (Å²) in [4.78, 5) is 13.3. The number of pyridine rings is 1. The standard InChI is InChI=1S/C51H53BN4/c1-48(2,3)34-22-26-37(27-23-34)54(38-28-24-35(25-29-38)49(4,5)6)44-31-30-41-47(53-44)55(36-16-10-9-11-17-36)42-20-15-21-43-45(42)52(41)40-19-14-18-39-46(40)56(43)51(8)33-13-12-32-50(39,51)7/h9-11,14-31H,12-13,32-33H2,1-8H3. The Labute approximate surface area is 334 Å². The molecule has 2 atom stereocenters. The molecule has 4 aliphatic rings. The van der Waals surface area contributed by atoms with Gasteiger partial charge in [-0.2, -0.15) is 0 Å². The Kier molecular flexibility index (Phi) is 7.60. The smallest absolute Gasteiger partial charge is 0.254 e. The van der Waals surface area contributed by atoms with Gasteiger partial charge in [-0.05, 0) is 118 Å². The van der Waals surface area contributed by atoms with Gasteiger partial charge >= 0.3 is 0 Å². The number of para-hydroxylation sites is 2. The summed E-state index contributed by atoms with van der Waals surface area (Å²) in [5.41, 5.74) is 15.8. The fourth-order valence-electron chi connectivity index (χ4n) is 10.7. The van der Waals surface area contributed by atoms with Gasteiger partial charge in [0.2, 0.25) is 0 Å². The van der Waals surface area contributed by atoms with E-state index < -0.39 is 0 Å². The van der Waals surface area contributed by atoms with Crippen molar-refractivity contribution in [1.82, 2.24) is 4.98 Å². The first-order valence-corrected chi connectivity index (χ1v) is 20.7. The number of benzene rings is 5. The van der Waals surface area contributed by atoms with E-state index in [0.717, 1.165) is 28.7 Å². The van der Waals surface area contributed by atoms with Crippen LogP contribution >= 0.6 is 0 Å². The molecule has 1 aliphatic carbocycles. The second-order valence-corrected chi connectivity index (χ2v) is 19.2. The van der Waals surface area contributed by atoms with Crippen LogP contribution in [0.15, 0.2) is 127 Å². The van der Waals surface area contributed by atoms with Gasteiger partial charge in [0.25, 0.3) is 6.71 Å². The molecule has 2 unspecified atom stereocenters. The summed E-state index contributed by atoms with van der Waals surface area (Å²) in [5.74, 6) is 1.89. The minimum Gasteiger partial charge on any atom is -0.335 e. The summed E-state index contributed by atoms with van der Waals surface area (Å²) in [6.45, 7) is 18.8. The van der Waals surface area contributed by atoms with Crippen LogP contribution in [0.1, 0.15) is 97.8 Å². The zero-order valence-corrected chi connectivity index (χ0v) is 34.3. The maximum Gasteiger partial charge on any atom is 0.254 e. The van der Waals surface area contributed by atoms with Crippen LogP contribution in [-0.4, -0.2) is 17.2 Å². The molecule has 56 heavy (non-hydrogen) atoms. The fourth-order valence-corrected chi connectivity index (χ4v) is 10.7. The molecule has 280 valence electrons. The lowest BCUT2D eigenvalue weighted by atomic mass is 9.33. The van der Waals surface area contributed by atoms with Crippen molar-refractivity contribution in [2.75, 3.05) is 14.7 Å². The summed E-state index contributed by atoms with van der Waals surface area (Å²) in [6, 6.07) is 47.9. The highest BCUT2D eigenvalue weighted by molar-refractivity contribution is 7.00. The van der Waals surface area contributed by atoms with Crippen LogP contribution in [0.3, 0.4) is 0 Å². The number of hydrogen-bond donors (Lipinski definition) is 0. The van der Waals surface area contributed by atoms with E-state index in [4.69, 9.17) is 4.98 Å². The molecule has 0 bridgehead atoms. The molecule has 4 nitrogen and oxygen atoms in total. The van der Waals surface area contributed by atoms with Crippen LogP contribution < -0.4 is 31.1 Å². The molecule has 0 spiro atoms. The Morgan fingerprint density at radius 1 is 0.607 bits per heavy atom. The fraction of sp³-hybridized carbons (Fsp3) is 0.314. The summed E-state index contributed by atoms with van der Waals surface area (Å²) >= 11 is 0. The van der Waals surface area contributed by atoms with Gasteiger partial charge in [0.1, 0.15) is 11.6 Å². The quantitative estimate of drug-likeness (QED) is 0.168. The van der Waals surface area contributed by atoms with Crippen molar-refractivity contribution in [3.63, 3.8) is 0 Å². The number of rotatable bonds is 4. The van der Waals surface area contributed by atoms with E-state index in [1.54, 1.807) is 0 Å². The molecule has 10 rings (SSSR count). The van der Waals surface area contributed by atoms with Gasteiger partial charge in [-0.3, -0.25) is 9.80 Å². The summed E-state index contributed by atoms with van der Waals surface area (Å²) < 4.78 is 0. The Morgan fingerprint density at radius 3 is 1.86 bits per heavy atom. The average molecular weight is 733 g/mol. The summed E-state index contributed by atoms with van der Waals surface area (Å²) in [6.07, 6.45) is 4.96. The zero-order chi connectivity index (χ0) is 38.8. The van der Waals surface area contributed by atoms with E-state index in [2.05, 4.69) is 197 Å². The predicted octanol–water partition coefficient (Wildman–Crippen LogP) is 11.5. The Morgan fingerprint density at radius 2 is 1.21 bits per heavy atom. The molecule has 1 fully saturated rings. The monoisotopic (exact) mass is 732 g/mol. The average Bonchev–Trinajstić information content (AvgIpc) is 3.40. The molecule has 1 saturated carbocycles. The summed E-state index contributed by atoms with van der Waals surface area (Å²) in [5, 5.41) is 0. The number of fused-ring (bicyclic) bond motifs is 7. The highest BCUT2D eigenvalue weighted by Crippen LogP contribution is 2.61. The largest absolute Gasteiger partial charge is 0.335 e. The van der Waals surface area contributed by atoms with E-state index in [1.807, 2.05) is 0 Å². The first-order chi connectivity index (χ1) is 26.8. The second kappa shape index (κ2) is 12.1. The molecule has 6 aromatic rings. The lowest BCUT2D eigenvalue weighted by molar-refractivity contribution is 0.195. The Bertz CT molecular complexity index is 2440. The molecule has 0 amide bonds. The third-order valence-electron chi connectivity index (χ3n) is 13.9. The van der Waals surface area contributed by atoms with Gasteiger partial charge in [0.15, 0.2) is 0 Å². The lowest BCUT2D eigenvalue weighted by Gasteiger charge is -2.52. The van der Waals surface area contributed by atoms with Gasteiger partial charge in [-0.25, -0.2) is 4.98 Å². The molecule has 0 saturated heterocycles. The van der Waals surface area contributed by atoms with Gasteiger partial charge in [-0.1, -0.05) is 134 Å². The maximum atomic E-state index is 5.79. The van der Waals surface area contributed by atoms with Gasteiger partial charge in [0.05, 0.1) is 5.54 Å². The van der Waals surface area contributed by atoms with E-state index in [-0.39, 0.29) is 28.5 Å². The number of nitrogens with zero attached hydrogens (tertiary/aromatic N) is 4. The molecule has 0 radical (unpaired) electrons. The highest BCUT2D eigenvalue weighted by atomic mass is 15.3. The minimum atomic E-state index is 0.00925. The van der Waals surface area contributed by atoms with Crippen molar-refractivity contribution in [2.24, 2.45) is 0 Å². The van der Waals surface area contributed by atoms with Crippen molar-refractivity contribution in [3.05, 3.63) is 144 Å². The molecule has 1 aromatic heterocycles. The van der Waals surface area contributed by atoms with E-state index in [9.17, 15) is 0 Å². The lowest BCUT2D eigenvalue weighted by Crippen LogP contribution is -2.64. The first-order valence-electron chi connectivity index (χ1n) is 20.7. The number of aromatic nitrogens is 1. The maximum absolute atomic E-state index is 5.79. The van der Waals surface area contributed by atoms with Crippen LogP contribution in [0.25, 0.3) is 0 Å². The minimum absolute atomic E-state index is 0.00925. The van der Waals surface area contributed by atoms with Crippen molar-refractivity contribution in [1.29, 1.82) is 0 Å². The molecular weight excluding hydrogens is 679 g/mol. The van der Waals surface area contributed by atoms with Crippen LogP contribution in [0.4, 0.5) is 45.8 Å². The Balaban J connectivity index is 1.21. The first kappa shape index (κ1) is 35.2. The Hall–Kier alpha value is -5.29. The predicted molar refractivity (Wildman–Crippen MR) is 238 cm³/mol. The van der Waals surface area contributed by atoms with E-state index in [0.29, 0.717) is 0 Å². The van der Waals surface area contributed by atoms with Crippen molar-refractivity contribution < 1.29 is 0 Å². The van der Waals surface area contributed by atoms with Crippen LogP contribution in [0.2, 0.25) is 0 Å². The normalized spacial score (nSPS) is 20.6. The van der Waals surface area contributed by atoms with Gasteiger partial charge in [0, 0.05) is 39.5 Å². The van der Waals surface area contributed by atoms with Crippen LogP contribution in [0.5, 0.6) is 0 Å². The third kappa shape index (κ3) is 4.95. The van der Waals surface area contributed by atoms with Gasteiger partial charge in [-0.15, -0.1) is 0 Å². The van der Waals surface area contributed by atoms with Crippen LogP contribution in [0, 0.1) is 0 Å². The summed E-state index contributed by atoms with van der Waals surface area (Å²) in [7, 11) is 0. The SMILES string of the molecule is CC(C)(C)c1ccc(N(c2ccc(C(C)(C)C)cc2)c2ccc3c(n2)N(c2ccccc2)c2cccc4c2B3c2cccc3c2N4C2(C)CCCCC32C)cc1. The molecule has 0 N–H and O–H groups in total. The van der Waals surface area contributed by atoms with Crippen LogP contribution in [-0.2, 0) is 16.2 Å². The van der Waals surface area contributed by atoms with Crippen molar-refractivity contribution in [2.45, 2.75) is 103 Å². The van der Waals surface area contributed by atoms with Crippen molar-refractivity contribution >= 4 is 68.9 Å². The molecule has 3 aliphatic heterocycles.